The first-order chi connectivity index (χ1) is 18.7. The van der Waals surface area contributed by atoms with Crippen LogP contribution in [0.15, 0.2) is 48.5 Å². The number of piperazine rings is 1. The summed E-state index contributed by atoms with van der Waals surface area (Å²) in [7, 11) is 1.35. The average molecular weight is 544 g/mol. The van der Waals surface area contributed by atoms with Crippen molar-refractivity contribution in [3.05, 3.63) is 65.2 Å². The van der Waals surface area contributed by atoms with E-state index in [1.165, 1.54) is 7.11 Å². The Morgan fingerprint density at radius 1 is 0.974 bits per heavy atom. The number of halogens is 2. The Morgan fingerprint density at radius 3 is 2.31 bits per heavy atom. The summed E-state index contributed by atoms with van der Waals surface area (Å²) in [5.74, 6) is -3.21. The third-order valence-corrected chi connectivity index (χ3v) is 7.36. The van der Waals surface area contributed by atoms with Crippen LogP contribution in [-0.4, -0.2) is 73.3 Å². The predicted molar refractivity (Wildman–Crippen MR) is 140 cm³/mol. The van der Waals surface area contributed by atoms with Gasteiger partial charge in [0.1, 0.15) is 12.4 Å². The molecule has 1 aliphatic heterocycles. The van der Waals surface area contributed by atoms with Gasteiger partial charge in [-0.05, 0) is 36.6 Å². The van der Waals surface area contributed by atoms with Gasteiger partial charge < -0.3 is 19.7 Å². The number of para-hydroxylation sites is 1. The zero-order valence-electron chi connectivity index (χ0n) is 22.2. The largest absolute Gasteiger partial charge is 0.489 e. The molecular formula is C29H35F2N3O5. The molecule has 1 aliphatic carbocycles. The lowest BCUT2D eigenvalue weighted by Gasteiger charge is -2.35. The summed E-state index contributed by atoms with van der Waals surface area (Å²) < 4.78 is 37.5. The van der Waals surface area contributed by atoms with E-state index < -0.39 is 11.8 Å². The number of esters is 1. The van der Waals surface area contributed by atoms with Crippen molar-refractivity contribution in [3.63, 3.8) is 0 Å². The van der Waals surface area contributed by atoms with Gasteiger partial charge in [0, 0.05) is 57.0 Å². The van der Waals surface area contributed by atoms with Crippen LogP contribution in [-0.2, 0) is 27.5 Å². The maximum absolute atomic E-state index is 13.3. The monoisotopic (exact) mass is 543 g/mol. The molecule has 2 amide bonds. The number of amides is 2. The van der Waals surface area contributed by atoms with Crippen LogP contribution in [0.25, 0.3) is 0 Å². The normalized spacial score (nSPS) is 17.9. The third kappa shape index (κ3) is 7.98. The Bertz CT molecular complexity index is 1140. The van der Waals surface area contributed by atoms with Crippen LogP contribution in [0.4, 0.5) is 8.78 Å². The van der Waals surface area contributed by atoms with Crippen LogP contribution in [0.1, 0.15) is 47.2 Å². The van der Waals surface area contributed by atoms with Crippen molar-refractivity contribution in [3.8, 4) is 5.75 Å². The van der Waals surface area contributed by atoms with Gasteiger partial charge in [0.05, 0.1) is 19.2 Å². The van der Waals surface area contributed by atoms with Crippen molar-refractivity contribution in [2.45, 2.75) is 44.8 Å². The van der Waals surface area contributed by atoms with Crippen LogP contribution >= 0.6 is 0 Å². The number of hydrogen-bond donors (Lipinski definition) is 1. The van der Waals surface area contributed by atoms with E-state index in [4.69, 9.17) is 9.47 Å². The minimum Gasteiger partial charge on any atom is -0.489 e. The molecule has 10 heteroatoms. The van der Waals surface area contributed by atoms with Crippen molar-refractivity contribution in [2.24, 2.45) is 5.92 Å². The number of hydrogen-bond acceptors (Lipinski definition) is 6. The van der Waals surface area contributed by atoms with E-state index in [1.54, 1.807) is 17.0 Å². The molecule has 2 aliphatic rings. The van der Waals surface area contributed by atoms with E-state index in [-0.39, 0.29) is 50.0 Å². The van der Waals surface area contributed by atoms with Gasteiger partial charge in [-0.25, -0.2) is 13.6 Å². The van der Waals surface area contributed by atoms with Crippen molar-refractivity contribution >= 4 is 17.8 Å². The van der Waals surface area contributed by atoms with E-state index in [0.717, 1.165) is 16.9 Å². The highest BCUT2D eigenvalue weighted by atomic mass is 19.3. The van der Waals surface area contributed by atoms with Crippen LogP contribution < -0.4 is 10.1 Å². The van der Waals surface area contributed by atoms with E-state index >= 15 is 0 Å². The summed E-state index contributed by atoms with van der Waals surface area (Å²) >= 11 is 0. The zero-order chi connectivity index (χ0) is 27.8. The summed E-state index contributed by atoms with van der Waals surface area (Å²) in [6, 6.07) is 14.9. The van der Waals surface area contributed by atoms with Gasteiger partial charge in [-0.3, -0.25) is 14.5 Å². The molecule has 4 rings (SSSR count). The van der Waals surface area contributed by atoms with Crippen LogP contribution in [0, 0.1) is 5.92 Å². The molecule has 1 heterocycles. The minimum absolute atomic E-state index is 0.108. The number of carbonyl (C=O) groups excluding carboxylic acids is 3. The summed E-state index contributed by atoms with van der Waals surface area (Å²) in [5.41, 5.74) is 2.45. The Morgan fingerprint density at radius 2 is 1.64 bits per heavy atom. The number of nitrogens with zero attached hydrogens (tertiary/aromatic N) is 2. The number of benzene rings is 2. The SMILES string of the molecule is COC(=O)c1ccc(COc2ccccc2CN2CCN(C(=O)CNC(=O)C3CCC(F)(F)CC3)CC2)cc1. The predicted octanol–water partition coefficient (Wildman–Crippen LogP) is 3.64. The second-order valence-electron chi connectivity index (χ2n) is 10.1. The van der Waals surface area contributed by atoms with Gasteiger partial charge in [0.25, 0.3) is 0 Å². The van der Waals surface area contributed by atoms with Crippen LogP contribution in [0.5, 0.6) is 5.75 Å². The Hall–Kier alpha value is -3.53. The van der Waals surface area contributed by atoms with Crippen molar-refractivity contribution in [2.75, 3.05) is 39.8 Å². The highest BCUT2D eigenvalue weighted by molar-refractivity contribution is 5.89. The van der Waals surface area contributed by atoms with Crippen molar-refractivity contribution in [1.82, 2.24) is 15.1 Å². The van der Waals surface area contributed by atoms with Crippen LogP contribution in [0.3, 0.4) is 0 Å². The Labute approximate surface area is 227 Å². The molecule has 0 unspecified atom stereocenters. The van der Waals surface area contributed by atoms with Gasteiger partial charge in [-0.1, -0.05) is 30.3 Å². The second kappa shape index (κ2) is 13.0. The van der Waals surface area contributed by atoms with E-state index in [0.29, 0.717) is 44.9 Å². The lowest BCUT2D eigenvalue weighted by Crippen LogP contribution is -2.51. The Balaban J connectivity index is 1.21. The number of carbonyl (C=O) groups is 3. The highest BCUT2D eigenvalue weighted by Gasteiger charge is 2.37. The molecule has 0 aromatic heterocycles. The van der Waals surface area contributed by atoms with Gasteiger partial charge in [-0.15, -0.1) is 0 Å². The summed E-state index contributed by atoms with van der Waals surface area (Å²) in [4.78, 5) is 40.5. The molecule has 1 saturated carbocycles. The average Bonchev–Trinajstić information content (AvgIpc) is 2.95. The molecule has 210 valence electrons. The first-order valence-corrected chi connectivity index (χ1v) is 13.3. The molecule has 2 fully saturated rings. The smallest absolute Gasteiger partial charge is 0.337 e. The molecule has 1 saturated heterocycles. The number of methoxy groups -OCH3 is 1. The van der Waals surface area contributed by atoms with Gasteiger partial charge >= 0.3 is 5.97 Å². The fraction of sp³-hybridized carbons (Fsp3) is 0.483. The lowest BCUT2D eigenvalue weighted by molar-refractivity contribution is -0.136. The first-order valence-electron chi connectivity index (χ1n) is 13.3. The van der Waals surface area contributed by atoms with E-state index in [9.17, 15) is 23.2 Å². The zero-order valence-corrected chi connectivity index (χ0v) is 22.2. The number of ether oxygens (including phenoxy) is 2. The van der Waals surface area contributed by atoms with Gasteiger partial charge in [0.2, 0.25) is 17.7 Å². The molecule has 0 bridgehead atoms. The molecule has 39 heavy (non-hydrogen) atoms. The van der Waals surface area contributed by atoms with Crippen molar-refractivity contribution < 1.29 is 32.6 Å². The molecule has 8 nitrogen and oxygen atoms in total. The lowest BCUT2D eigenvalue weighted by atomic mass is 9.86. The minimum atomic E-state index is -2.68. The quantitative estimate of drug-likeness (QED) is 0.486. The van der Waals surface area contributed by atoms with E-state index in [2.05, 4.69) is 10.2 Å². The summed E-state index contributed by atoms with van der Waals surface area (Å²) in [6.07, 6.45) is -0.254. The number of nitrogens with one attached hydrogen (secondary N) is 1. The second-order valence-corrected chi connectivity index (χ2v) is 10.1. The number of alkyl halides is 2. The first kappa shape index (κ1) is 28.5. The topological polar surface area (TPSA) is 88.2 Å². The third-order valence-electron chi connectivity index (χ3n) is 7.36. The number of rotatable bonds is 9. The Kier molecular flexibility index (Phi) is 9.50. The summed E-state index contributed by atoms with van der Waals surface area (Å²) in [5, 5.41) is 2.65. The van der Waals surface area contributed by atoms with Crippen LogP contribution in [0.2, 0.25) is 0 Å². The van der Waals surface area contributed by atoms with Gasteiger partial charge in [0.15, 0.2) is 0 Å². The van der Waals surface area contributed by atoms with Crippen molar-refractivity contribution in [1.29, 1.82) is 0 Å². The molecule has 1 N–H and O–H groups in total. The fourth-order valence-corrected chi connectivity index (χ4v) is 4.91. The highest BCUT2D eigenvalue weighted by Crippen LogP contribution is 2.36. The molecule has 0 spiro atoms. The molecule has 2 aromatic carbocycles. The maximum atomic E-state index is 13.3. The fourth-order valence-electron chi connectivity index (χ4n) is 4.91. The molecule has 2 aromatic rings. The standard InChI is InChI=1S/C29H35F2N3O5/c1-38-28(37)23-8-6-21(7-9-23)20-39-25-5-3-2-4-24(25)19-33-14-16-34(17-15-33)26(35)18-32-27(36)22-10-12-29(30,31)13-11-22/h2-9,22H,10-20H2,1H3,(H,32,36). The molecular weight excluding hydrogens is 508 g/mol. The van der Waals surface area contributed by atoms with E-state index in [1.807, 2.05) is 36.4 Å². The molecule has 0 atom stereocenters. The maximum Gasteiger partial charge on any atom is 0.337 e. The summed E-state index contributed by atoms with van der Waals surface area (Å²) in [6.45, 7) is 3.36. The molecule has 0 radical (unpaired) electrons. The van der Waals surface area contributed by atoms with Gasteiger partial charge in [-0.2, -0.15) is 0 Å².